The first-order valence-corrected chi connectivity index (χ1v) is 23.1. The van der Waals surface area contributed by atoms with Gasteiger partial charge >= 0.3 is 0 Å². The number of rotatable bonds is 6. The van der Waals surface area contributed by atoms with Gasteiger partial charge in [0.15, 0.2) is 0 Å². The van der Waals surface area contributed by atoms with Crippen molar-refractivity contribution in [3.63, 3.8) is 0 Å². The van der Waals surface area contributed by atoms with Crippen LogP contribution in [-0.4, -0.2) is 0 Å². The van der Waals surface area contributed by atoms with Gasteiger partial charge in [0.1, 0.15) is 39.1 Å². The normalized spacial score (nSPS) is 14.5. The first kappa shape index (κ1) is 37.2. The minimum absolute atomic E-state index is 0.790. The van der Waals surface area contributed by atoms with E-state index in [0.717, 1.165) is 100 Å². The second kappa shape index (κ2) is 14.0. The highest BCUT2D eigenvalue weighted by molar-refractivity contribution is 6.09. The van der Waals surface area contributed by atoms with Crippen molar-refractivity contribution in [2.75, 3.05) is 9.80 Å². The molecule has 0 fully saturated rings. The van der Waals surface area contributed by atoms with Gasteiger partial charge < -0.3 is 23.1 Å². The third kappa shape index (κ3) is 5.10. The molecule has 13 aromatic rings. The first-order valence-electron chi connectivity index (χ1n) is 23.1. The molecular formula is C63H38N2O3. The molecule has 5 nitrogen and oxygen atoms in total. The van der Waals surface area contributed by atoms with Crippen molar-refractivity contribution in [2.45, 2.75) is 5.41 Å². The first-order chi connectivity index (χ1) is 33.7. The highest BCUT2D eigenvalue weighted by Crippen LogP contribution is 2.66. The van der Waals surface area contributed by atoms with Gasteiger partial charge in [-0.2, -0.15) is 0 Å². The number of nitrogens with zero attached hydrogens (tertiary/aromatic N) is 2. The summed E-state index contributed by atoms with van der Waals surface area (Å²) in [7, 11) is 0. The van der Waals surface area contributed by atoms with Crippen molar-refractivity contribution in [3.8, 4) is 22.3 Å². The van der Waals surface area contributed by atoms with Crippen LogP contribution in [0.2, 0.25) is 0 Å². The average Bonchev–Trinajstić information content (AvgIpc) is 4.20. The summed E-state index contributed by atoms with van der Waals surface area (Å²) in [5, 5.41) is 5.46. The van der Waals surface area contributed by atoms with E-state index in [2.05, 4.69) is 216 Å². The molecule has 68 heavy (non-hydrogen) atoms. The molecule has 0 bridgehead atoms. The molecule has 10 aromatic carbocycles. The molecule has 1 spiro atoms. The van der Waals surface area contributed by atoms with Crippen LogP contribution in [0.4, 0.5) is 34.1 Å². The molecule has 318 valence electrons. The summed E-state index contributed by atoms with van der Waals surface area (Å²) < 4.78 is 20.0. The molecule has 0 radical (unpaired) electrons. The van der Waals surface area contributed by atoms with Crippen LogP contribution in [0.5, 0.6) is 0 Å². The van der Waals surface area contributed by atoms with Crippen molar-refractivity contribution in [1.82, 2.24) is 0 Å². The predicted molar refractivity (Wildman–Crippen MR) is 276 cm³/mol. The molecule has 1 atom stereocenters. The van der Waals surface area contributed by atoms with Gasteiger partial charge in [0, 0.05) is 66.6 Å². The SMILES string of the molecule is c1ccc(N(c2ccc3c(c2)C2(c4ccccc4-3)c3cc(N(c4ccccc4)c4ccc5oc6ccccc6c5c4)ccc3-c3c2oc2ccccc32)c2ccc3oc4ccccc4c3c2)cc1. The van der Waals surface area contributed by atoms with Gasteiger partial charge in [-0.05, 0) is 137 Å². The maximum Gasteiger partial charge on any atom is 0.135 e. The highest BCUT2D eigenvalue weighted by Gasteiger charge is 2.55. The summed E-state index contributed by atoms with van der Waals surface area (Å²) in [6.45, 7) is 0. The molecule has 1 unspecified atom stereocenters. The van der Waals surface area contributed by atoms with Gasteiger partial charge in [-0.3, -0.25) is 0 Å². The van der Waals surface area contributed by atoms with Crippen LogP contribution >= 0.6 is 0 Å². The fraction of sp³-hybridized carbons (Fsp3) is 0.0159. The van der Waals surface area contributed by atoms with E-state index in [1.807, 2.05) is 24.3 Å². The molecule has 0 saturated carbocycles. The van der Waals surface area contributed by atoms with Crippen LogP contribution in [0.3, 0.4) is 0 Å². The minimum atomic E-state index is -0.790. The molecule has 2 aliphatic rings. The minimum Gasteiger partial charge on any atom is -0.459 e. The third-order valence-electron chi connectivity index (χ3n) is 14.4. The van der Waals surface area contributed by atoms with E-state index >= 15 is 0 Å². The zero-order valence-electron chi connectivity index (χ0n) is 36.6. The Morgan fingerprint density at radius 3 is 1.26 bits per heavy atom. The lowest BCUT2D eigenvalue weighted by Crippen LogP contribution is -2.26. The van der Waals surface area contributed by atoms with Gasteiger partial charge in [-0.25, -0.2) is 0 Å². The lowest BCUT2D eigenvalue weighted by molar-refractivity contribution is 0.507. The van der Waals surface area contributed by atoms with Crippen LogP contribution in [-0.2, 0) is 5.41 Å². The summed E-state index contributed by atoms with van der Waals surface area (Å²) in [4.78, 5) is 4.75. The van der Waals surface area contributed by atoms with E-state index in [0.29, 0.717) is 0 Å². The van der Waals surface area contributed by atoms with Crippen molar-refractivity contribution in [2.24, 2.45) is 0 Å². The number of benzene rings is 10. The Morgan fingerprint density at radius 2 is 0.676 bits per heavy atom. The molecule has 3 aromatic heterocycles. The number of fused-ring (bicyclic) bond motifs is 18. The van der Waals surface area contributed by atoms with Gasteiger partial charge in [0.05, 0.1) is 0 Å². The second-order valence-electron chi connectivity index (χ2n) is 18.0. The standard InChI is InChI=1S/C63H38N2O3/c1-3-15-39(16-4-1)64(41-29-33-59-51(35-41)47-20-8-12-24-56(47)66-59)43-27-31-46-45-19-7-11-23-53(45)63(54(46)37-43)55-38-44(28-32-49(55)61-50-22-10-14-26-58(50)68-62(61)63)65(40-17-5-2-6-18-40)42-30-34-60-52(36-42)48-21-9-13-25-57(48)67-60/h1-38H. The van der Waals surface area contributed by atoms with E-state index in [1.54, 1.807) is 0 Å². The monoisotopic (exact) mass is 870 g/mol. The summed E-state index contributed by atoms with van der Waals surface area (Å²) in [5.41, 5.74) is 18.2. The van der Waals surface area contributed by atoms with E-state index in [-0.39, 0.29) is 0 Å². The number of furan rings is 3. The Labute approximate surface area is 390 Å². The van der Waals surface area contributed by atoms with Crippen LogP contribution in [0.25, 0.3) is 77.1 Å². The fourth-order valence-corrected chi connectivity index (χ4v) is 11.6. The van der Waals surface area contributed by atoms with Crippen LogP contribution in [0, 0.1) is 0 Å². The summed E-state index contributed by atoms with van der Waals surface area (Å²) in [5.74, 6) is 0.948. The maximum absolute atomic E-state index is 7.30. The Morgan fingerprint density at radius 1 is 0.265 bits per heavy atom. The van der Waals surface area contributed by atoms with Gasteiger partial charge in [-0.15, -0.1) is 0 Å². The van der Waals surface area contributed by atoms with Crippen molar-refractivity contribution < 1.29 is 13.3 Å². The Balaban J connectivity index is 0.996. The van der Waals surface area contributed by atoms with Gasteiger partial charge in [0.25, 0.3) is 0 Å². The molecule has 5 heteroatoms. The molecule has 0 aliphatic heterocycles. The van der Waals surface area contributed by atoms with Gasteiger partial charge in [0.2, 0.25) is 0 Å². The molecular weight excluding hydrogens is 833 g/mol. The highest BCUT2D eigenvalue weighted by atomic mass is 16.3. The molecule has 0 N–H and O–H groups in total. The predicted octanol–water partition coefficient (Wildman–Crippen LogP) is 17.5. The molecule has 3 heterocycles. The topological polar surface area (TPSA) is 45.9 Å². The summed E-state index contributed by atoms with van der Waals surface area (Å²) in [6, 6.07) is 82.5. The smallest absolute Gasteiger partial charge is 0.135 e. The number of anilines is 6. The maximum atomic E-state index is 7.30. The average molecular weight is 871 g/mol. The lowest BCUT2D eigenvalue weighted by Gasteiger charge is -2.32. The Kier molecular flexibility index (Phi) is 7.64. The van der Waals surface area contributed by atoms with Crippen LogP contribution in [0.1, 0.15) is 22.5 Å². The van der Waals surface area contributed by atoms with E-state index < -0.39 is 5.41 Å². The van der Waals surface area contributed by atoms with Crippen LogP contribution < -0.4 is 9.80 Å². The molecule has 2 aliphatic carbocycles. The quantitative estimate of drug-likeness (QED) is 0.167. The number of para-hydroxylation sites is 5. The second-order valence-corrected chi connectivity index (χ2v) is 18.0. The largest absolute Gasteiger partial charge is 0.459 e. The number of hydrogen-bond acceptors (Lipinski definition) is 5. The van der Waals surface area contributed by atoms with Crippen molar-refractivity contribution >= 4 is 89.0 Å². The van der Waals surface area contributed by atoms with E-state index in [4.69, 9.17) is 13.3 Å². The fourth-order valence-electron chi connectivity index (χ4n) is 11.6. The third-order valence-corrected chi connectivity index (χ3v) is 14.4. The van der Waals surface area contributed by atoms with E-state index in [9.17, 15) is 0 Å². The molecule has 0 amide bonds. The molecule has 15 rings (SSSR count). The van der Waals surface area contributed by atoms with Crippen molar-refractivity contribution in [3.05, 3.63) is 253 Å². The summed E-state index contributed by atoms with van der Waals surface area (Å²) in [6.07, 6.45) is 0. The number of hydrogen-bond donors (Lipinski definition) is 0. The molecule has 0 saturated heterocycles. The van der Waals surface area contributed by atoms with Gasteiger partial charge in [-0.1, -0.05) is 127 Å². The zero-order valence-corrected chi connectivity index (χ0v) is 36.6. The van der Waals surface area contributed by atoms with Crippen molar-refractivity contribution in [1.29, 1.82) is 0 Å². The summed E-state index contributed by atoms with van der Waals surface area (Å²) >= 11 is 0. The van der Waals surface area contributed by atoms with Crippen LogP contribution in [0.15, 0.2) is 244 Å². The Hall–Kier alpha value is -9.06. The van der Waals surface area contributed by atoms with E-state index in [1.165, 1.54) is 33.4 Å². The lowest BCUT2D eigenvalue weighted by atomic mass is 9.73. The zero-order chi connectivity index (χ0) is 44.5. The Bertz CT molecular complexity index is 4180.